The molecule has 8 heteroatoms. The van der Waals surface area contributed by atoms with Gasteiger partial charge in [-0.3, -0.25) is 14.4 Å². The number of thioether (sulfide) groups is 1. The first-order valence-corrected chi connectivity index (χ1v) is 11.8. The molecule has 0 fully saturated rings. The molecule has 0 spiro atoms. The number of hydrogen-bond donors (Lipinski definition) is 2. The number of benzene rings is 2. The lowest BCUT2D eigenvalue weighted by Crippen LogP contribution is -2.50. The number of carbonyl (C=O) groups is 3. The Labute approximate surface area is 193 Å². The van der Waals surface area contributed by atoms with Crippen LogP contribution < -0.4 is 15.4 Å². The molecular formula is C24H31N3O4S. The van der Waals surface area contributed by atoms with Gasteiger partial charge in [0.2, 0.25) is 11.8 Å². The molecule has 0 heterocycles. The number of rotatable bonds is 11. The Hall–Kier alpha value is -3.00. The Morgan fingerprint density at radius 1 is 1.03 bits per heavy atom. The molecule has 0 aliphatic heterocycles. The van der Waals surface area contributed by atoms with Crippen molar-refractivity contribution in [1.29, 1.82) is 0 Å². The van der Waals surface area contributed by atoms with Crippen LogP contribution in [0.5, 0.6) is 5.75 Å². The third-order valence-corrected chi connectivity index (χ3v) is 5.64. The first kappa shape index (κ1) is 25.3. The summed E-state index contributed by atoms with van der Waals surface area (Å²) in [5.41, 5.74) is 2.78. The Morgan fingerprint density at radius 3 is 2.44 bits per heavy atom. The topological polar surface area (TPSA) is 87.7 Å². The highest BCUT2D eigenvalue weighted by molar-refractivity contribution is 7.98. The van der Waals surface area contributed by atoms with E-state index < -0.39 is 6.04 Å². The van der Waals surface area contributed by atoms with Crippen molar-refractivity contribution < 1.29 is 19.1 Å². The van der Waals surface area contributed by atoms with E-state index in [1.165, 1.54) is 4.90 Å². The third kappa shape index (κ3) is 7.92. The molecule has 2 aromatic rings. The molecule has 0 aromatic heterocycles. The van der Waals surface area contributed by atoms with Gasteiger partial charge in [-0.05, 0) is 61.6 Å². The second-order valence-electron chi connectivity index (χ2n) is 7.49. The molecule has 2 aromatic carbocycles. The van der Waals surface area contributed by atoms with E-state index in [-0.39, 0.29) is 30.9 Å². The zero-order valence-electron chi connectivity index (χ0n) is 19.0. The summed E-state index contributed by atoms with van der Waals surface area (Å²) in [6.45, 7) is 3.61. The highest BCUT2D eigenvalue weighted by Gasteiger charge is 2.25. The van der Waals surface area contributed by atoms with E-state index in [1.54, 1.807) is 30.9 Å². The molecule has 32 heavy (non-hydrogen) atoms. The van der Waals surface area contributed by atoms with Gasteiger partial charge in [0.25, 0.3) is 5.91 Å². The lowest BCUT2D eigenvalue weighted by Gasteiger charge is -2.24. The second kappa shape index (κ2) is 12.8. The normalized spacial score (nSPS) is 11.4. The highest BCUT2D eigenvalue weighted by Crippen LogP contribution is 2.18. The Balaban J connectivity index is 1.93. The van der Waals surface area contributed by atoms with Gasteiger partial charge < -0.3 is 20.3 Å². The van der Waals surface area contributed by atoms with Crippen molar-refractivity contribution >= 4 is 35.2 Å². The average Bonchev–Trinajstić information content (AvgIpc) is 2.78. The molecular weight excluding hydrogens is 426 g/mol. The minimum atomic E-state index is -0.729. The largest absolute Gasteiger partial charge is 0.484 e. The number of nitrogens with zero attached hydrogens (tertiary/aromatic N) is 1. The van der Waals surface area contributed by atoms with Crippen molar-refractivity contribution in [2.45, 2.75) is 26.3 Å². The first-order valence-electron chi connectivity index (χ1n) is 10.4. The van der Waals surface area contributed by atoms with Gasteiger partial charge in [0.1, 0.15) is 11.8 Å². The van der Waals surface area contributed by atoms with Crippen LogP contribution >= 0.6 is 11.8 Å². The predicted molar refractivity (Wildman–Crippen MR) is 129 cm³/mol. The van der Waals surface area contributed by atoms with Gasteiger partial charge in [-0.2, -0.15) is 11.8 Å². The molecule has 0 saturated heterocycles. The maximum absolute atomic E-state index is 12.9. The van der Waals surface area contributed by atoms with E-state index in [2.05, 4.69) is 10.6 Å². The van der Waals surface area contributed by atoms with Gasteiger partial charge in [-0.15, -0.1) is 0 Å². The molecule has 3 amide bonds. The Bertz CT molecular complexity index is 921. The van der Waals surface area contributed by atoms with Crippen molar-refractivity contribution in [3.8, 4) is 5.75 Å². The van der Waals surface area contributed by atoms with Crippen molar-refractivity contribution in [1.82, 2.24) is 10.2 Å². The maximum atomic E-state index is 12.9. The summed E-state index contributed by atoms with van der Waals surface area (Å²) in [4.78, 5) is 39.1. The summed E-state index contributed by atoms with van der Waals surface area (Å²) in [5.74, 6) is 0.273. The summed E-state index contributed by atoms with van der Waals surface area (Å²) >= 11 is 1.58. The van der Waals surface area contributed by atoms with Crippen LogP contribution in [0.15, 0.2) is 48.5 Å². The minimum absolute atomic E-state index is 0.113. The van der Waals surface area contributed by atoms with Gasteiger partial charge in [-0.1, -0.05) is 30.3 Å². The highest BCUT2D eigenvalue weighted by atomic mass is 32.2. The van der Waals surface area contributed by atoms with Crippen LogP contribution in [0.2, 0.25) is 0 Å². The van der Waals surface area contributed by atoms with Crippen molar-refractivity contribution in [2.75, 3.05) is 37.5 Å². The molecule has 7 nitrogen and oxygen atoms in total. The number of amides is 3. The Morgan fingerprint density at radius 2 is 1.75 bits per heavy atom. The van der Waals surface area contributed by atoms with Crippen LogP contribution in [0.25, 0.3) is 0 Å². The lowest BCUT2D eigenvalue weighted by atomic mass is 10.1. The van der Waals surface area contributed by atoms with E-state index in [4.69, 9.17) is 4.74 Å². The van der Waals surface area contributed by atoms with Gasteiger partial charge >= 0.3 is 0 Å². The molecule has 0 bridgehead atoms. The van der Waals surface area contributed by atoms with Crippen molar-refractivity contribution in [3.63, 3.8) is 0 Å². The second-order valence-corrected chi connectivity index (χ2v) is 8.48. The number of aryl methyl sites for hydroxylation is 1. The molecule has 0 aliphatic carbocycles. The zero-order chi connectivity index (χ0) is 23.5. The number of para-hydroxylation sites is 1. The third-order valence-electron chi connectivity index (χ3n) is 4.99. The Kier molecular flexibility index (Phi) is 10.1. The van der Waals surface area contributed by atoms with Crippen molar-refractivity contribution in [2.24, 2.45) is 0 Å². The molecule has 0 radical (unpaired) electrons. The fraction of sp³-hybridized carbons (Fsp3) is 0.375. The SMILES string of the molecule is CSCCC(NC(=O)COc1ccccc1)C(=O)N(C)CC(=O)Nc1cccc(C)c1C. The number of likely N-dealkylation sites (N-methyl/N-ethyl adjacent to an activating group) is 1. The summed E-state index contributed by atoms with van der Waals surface area (Å²) in [7, 11) is 1.56. The quantitative estimate of drug-likeness (QED) is 0.542. The molecule has 2 N–H and O–H groups in total. The van der Waals surface area contributed by atoms with Crippen LogP contribution in [-0.2, 0) is 14.4 Å². The monoisotopic (exact) mass is 457 g/mol. The van der Waals surface area contributed by atoms with Crippen LogP contribution in [0.3, 0.4) is 0 Å². The number of hydrogen-bond acceptors (Lipinski definition) is 5. The van der Waals surface area contributed by atoms with Gasteiger partial charge in [0.15, 0.2) is 6.61 Å². The minimum Gasteiger partial charge on any atom is -0.484 e. The van der Waals surface area contributed by atoms with E-state index in [0.29, 0.717) is 17.9 Å². The van der Waals surface area contributed by atoms with E-state index in [1.807, 2.05) is 56.5 Å². The number of carbonyl (C=O) groups excluding carboxylic acids is 3. The lowest BCUT2D eigenvalue weighted by molar-refractivity contribution is -0.137. The number of ether oxygens (including phenoxy) is 1. The summed E-state index contributed by atoms with van der Waals surface area (Å²) < 4.78 is 5.46. The fourth-order valence-electron chi connectivity index (χ4n) is 3.03. The summed E-state index contributed by atoms with van der Waals surface area (Å²) in [5, 5.41) is 5.60. The smallest absolute Gasteiger partial charge is 0.258 e. The molecule has 0 saturated carbocycles. The van der Waals surface area contributed by atoms with E-state index in [0.717, 1.165) is 16.8 Å². The van der Waals surface area contributed by atoms with Crippen LogP contribution in [0.4, 0.5) is 5.69 Å². The standard InChI is InChI=1S/C24H31N3O4S/c1-17-9-8-12-20(18(17)2)25-22(28)15-27(3)24(30)21(13-14-32-4)26-23(29)16-31-19-10-6-5-7-11-19/h5-12,21H,13-16H2,1-4H3,(H,25,28)(H,26,29). The molecule has 0 aliphatic rings. The fourth-order valence-corrected chi connectivity index (χ4v) is 3.50. The van der Waals surface area contributed by atoms with Crippen LogP contribution in [-0.4, -0.2) is 60.9 Å². The molecule has 172 valence electrons. The average molecular weight is 458 g/mol. The van der Waals surface area contributed by atoms with Gasteiger partial charge in [-0.25, -0.2) is 0 Å². The molecule has 2 rings (SSSR count). The van der Waals surface area contributed by atoms with Crippen LogP contribution in [0.1, 0.15) is 17.5 Å². The maximum Gasteiger partial charge on any atom is 0.258 e. The summed E-state index contributed by atoms with van der Waals surface area (Å²) in [6.07, 6.45) is 2.39. The van der Waals surface area contributed by atoms with Gasteiger partial charge in [0.05, 0.1) is 6.54 Å². The zero-order valence-corrected chi connectivity index (χ0v) is 19.8. The van der Waals surface area contributed by atoms with E-state index >= 15 is 0 Å². The van der Waals surface area contributed by atoms with E-state index in [9.17, 15) is 14.4 Å². The van der Waals surface area contributed by atoms with Crippen molar-refractivity contribution in [3.05, 3.63) is 59.7 Å². The van der Waals surface area contributed by atoms with Crippen LogP contribution in [0, 0.1) is 13.8 Å². The predicted octanol–water partition coefficient (Wildman–Crippen LogP) is 3.02. The van der Waals surface area contributed by atoms with Gasteiger partial charge in [0, 0.05) is 12.7 Å². The number of anilines is 1. The molecule has 1 unspecified atom stereocenters. The molecule has 1 atom stereocenters. The number of nitrogens with one attached hydrogen (secondary N) is 2. The summed E-state index contributed by atoms with van der Waals surface area (Å²) in [6, 6.07) is 13.9. The first-order chi connectivity index (χ1) is 15.3.